The van der Waals surface area contributed by atoms with E-state index in [1.54, 1.807) is 0 Å². The van der Waals surface area contributed by atoms with Crippen LogP contribution >= 0.6 is 0 Å². The maximum absolute atomic E-state index is 4.58. The average molecular weight is 228 g/mol. The van der Waals surface area contributed by atoms with Gasteiger partial charge in [0.2, 0.25) is 0 Å². The van der Waals surface area contributed by atoms with Crippen molar-refractivity contribution in [2.45, 2.75) is 25.3 Å². The van der Waals surface area contributed by atoms with Crippen molar-refractivity contribution in [3.05, 3.63) is 42.0 Å². The van der Waals surface area contributed by atoms with Gasteiger partial charge in [-0.15, -0.1) is 0 Å². The number of anilines is 1. The number of aromatic nitrogens is 3. The zero-order valence-electron chi connectivity index (χ0n) is 9.93. The van der Waals surface area contributed by atoms with Gasteiger partial charge in [0.05, 0.1) is 6.54 Å². The lowest BCUT2D eigenvalue weighted by molar-refractivity contribution is 0.702. The van der Waals surface area contributed by atoms with E-state index in [0.717, 1.165) is 23.9 Å². The molecule has 4 nitrogen and oxygen atoms in total. The van der Waals surface area contributed by atoms with Crippen LogP contribution in [0.15, 0.2) is 30.3 Å². The Morgan fingerprint density at radius 3 is 2.76 bits per heavy atom. The number of benzene rings is 1. The number of hydrogen-bond donors (Lipinski definition) is 1. The molecule has 1 aromatic carbocycles. The summed E-state index contributed by atoms with van der Waals surface area (Å²) in [6, 6.07) is 10.2. The molecule has 0 unspecified atom stereocenters. The van der Waals surface area contributed by atoms with Gasteiger partial charge in [0.1, 0.15) is 5.82 Å². The number of nitrogens with zero attached hydrogens (tertiary/aromatic N) is 3. The van der Waals surface area contributed by atoms with Crippen molar-refractivity contribution < 1.29 is 0 Å². The Morgan fingerprint density at radius 1 is 1.29 bits per heavy atom. The summed E-state index contributed by atoms with van der Waals surface area (Å²) in [6.45, 7) is 0.722. The van der Waals surface area contributed by atoms with Gasteiger partial charge in [-0.3, -0.25) is 4.68 Å². The summed E-state index contributed by atoms with van der Waals surface area (Å²) in [5, 5.41) is 7.80. The van der Waals surface area contributed by atoms with E-state index in [9.17, 15) is 0 Å². The van der Waals surface area contributed by atoms with Crippen LogP contribution < -0.4 is 5.32 Å². The second kappa shape index (κ2) is 4.20. The van der Waals surface area contributed by atoms with Crippen molar-refractivity contribution in [2.24, 2.45) is 7.05 Å². The van der Waals surface area contributed by atoms with Crippen LogP contribution in [0.1, 0.15) is 30.4 Å². The SMILES string of the molecule is Cn1nc(C2CC2)nc1CNc1ccccc1. The summed E-state index contributed by atoms with van der Waals surface area (Å²) in [4.78, 5) is 4.58. The van der Waals surface area contributed by atoms with E-state index < -0.39 is 0 Å². The Morgan fingerprint density at radius 2 is 2.06 bits per heavy atom. The van der Waals surface area contributed by atoms with Gasteiger partial charge in [0.15, 0.2) is 5.82 Å². The van der Waals surface area contributed by atoms with Crippen LogP contribution in [0.2, 0.25) is 0 Å². The first-order valence-electron chi connectivity index (χ1n) is 6.01. The fraction of sp³-hybridized carbons (Fsp3) is 0.385. The molecule has 0 spiro atoms. The maximum Gasteiger partial charge on any atom is 0.154 e. The third-order valence-corrected chi connectivity index (χ3v) is 3.04. The lowest BCUT2D eigenvalue weighted by Gasteiger charge is -2.04. The second-order valence-corrected chi connectivity index (χ2v) is 4.50. The fourth-order valence-corrected chi connectivity index (χ4v) is 1.84. The Hall–Kier alpha value is -1.84. The molecule has 88 valence electrons. The molecule has 1 heterocycles. The third kappa shape index (κ3) is 2.30. The quantitative estimate of drug-likeness (QED) is 0.873. The smallest absolute Gasteiger partial charge is 0.154 e. The van der Waals surface area contributed by atoms with Gasteiger partial charge in [0.25, 0.3) is 0 Å². The summed E-state index contributed by atoms with van der Waals surface area (Å²) in [5.74, 6) is 2.62. The van der Waals surface area contributed by atoms with E-state index in [2.05, 4.69) is 27.5 Å². The molecule has 17 heavy (non-hydrogen) atoms. The lowest BCUT2D eigenvalue weighted by Crippen LogP contribution is -2.06. The summed E-state index contributed by atoms with van der Waals surface area (Å²) in [6.07, 6.45) is 2.49. The molecule has 0 amide bonds. The van der Waals surface area contributed by atoms with Gasteiger partial charge in [-0.1, -0.05) is 18.2 Å². The number of nitrogens with one attached hydrogen (secondary N) is 1. The highest BCUT2D eigenvalue weighted by molar-refractivity contribution is 5.42. The molecule has 3 rings (SSSR count). The molecule has 1 fully saturated rings. The predicted octanol–water partition coefficient (Wildman–Crippen LogP) is 2.30. The monoisotopic (exact) mass is 228 g/mol. The van der Waals surface area contributed by atoms with E-state index in [1.807, 2.05) is 29.9 Å². The molecule has 1 N–H and O–H groups in total. The normalized spacial score (nSPS) is 14.9. The minimum atomic E-state index is 0.617. The van der Waals surface area contributed by atoms with Crippen molar-refractivity contribution in [3.8, 4) is 0 Å². The van der Waals surface area contributed by atoms with Gasteiger partial charge in [-0.05, 0) is 25.0 Å². The summed E-state index contributed by atoms with van der Waals surface area (Å²) in [7, 11) is 1.96. The number of rotatable bonds is 4. The van der Waals surface area contributed by atoms with Crippen LogP contribution in [0.4, 0.5) is 5.69 Å². The molecule has 4 heteroatoms. The van der Waals surface area contributed by atoms with E-state index >= 15 is 0 Å². The van der Waals surface area contributed by atoms with Crippen LogP contribution in [-0.4, -0.2) is 14.8 Å². The van der Waals surface area contributed by atoms with E-state index in [4.69, 9.17) is 0 Å². The fourth-order valence-electron chi connectivity index (χ4n) is 1.84. The Kier molecular flexibility index (Phi) is 2.55. The highest BCUT2D eigenvalue weighted by atomic mass is 15.3. The largest absolute Gasteiger partial charge is 0.378 e. The van der Waals surface area contributed by atoms with Crippen LogP contribution in [-0.2, 0) is 13.6 Å². The molecule has 1 saturated carbocycles. The molecular weight excluding hydrogens is 212 g/mol. The van der Waals surface area contributed by atoms with Crippen molar-refractivity contribution in [1.29, 1.82) is 0 Å². The molecule has 1 aromatic heterocycles. The Bertz CT molecular complexity index is 499. The highest BCUT2D eigenvalue weighted by Gasteiger charge is 2.28. The van der Waals surface area contributed by atoms with Crippen molar-refractivity contribution in [1.82, 2.24) is 14.8 Å². The molecule has 0 radical (unpaired) electrons. The van der Waals surface area contributed by atoms with E-state index in [1.165, 1.54) is 12.8 Å². The lowest BCUT2D eigenvalue weighted by atomic mass is 10.3. The van der Waals surface area contributed by atoms with Gasteiger partial charge in [-0.2, -0.15) is 5.10 Å². The predicted molar refractivity (Wildman–Crippen MR) is 66.7 cm³/mol. The molecule has 2 aromatic rings. The topological polar surface area (TPSA) is 42.7 Å². The van der Waals surface area contributed by atoms with Gasteiger partial charge < -0.3 is 5.32 Å². The summed E-state index contributed by atoms with van der Waals surface area (Å²) in [5.41, 5.74) is 1.11. The minimum Gasteiger partial charge on any atom is -0.378 e. The molecule has 0 bridgehead atoms. The standard InChI is InChI=1S/C13H16N4/c1-17-12(15-13(16-17)10-7-8-10)9-14-11-5-3-2-4-6-11/h2-6,10,14H,7-9H2,1H3. The summed E-state index contributed by atoms with van der Waals surface area (Å²) < 4.78 is 1.88. The maximum atomic E-state index is 4.58. The van der Waals surface area contributed by atoms with Crippen LogP contribution in [0.3, 0.4) is 0 Å². The first-order valence-corrected chi connectivity index (χ1v) is 6.01. The zero-order valence-corrected chi connectivity index (χ0v) is 9.93. The molecule has 0 aliphatic heterocycles. The molecule has 1 aliphatic rings. The van der Waals surface area contributed by atoms with Crippen molar-refractivity contribution in [2.75, 3.05) is 5.32 Å². The molecule has 1 aliphatic carbocycles. The number of aryl methyl sites for hydroxylation is 1. The minimum absolute atomic E-state index is 0.617. The Labute approximate surface area is 101 Å². The summed E-state index contributed by atoms with van der Waals surface area (Å²) >= 11 is 0. The van der Waals surface area contributed by atoms with Crippen molar-refractivity contribution >= 4 is 5.69 Å². The Balaban J connectivity index is 1.68. The number of hydrogen-bond acceptors (Lipinski definition) is 3. The highest BCUT2D eigenvalue weighted by Crippen LogP contribution is 2.37. The van der Waals surface area contributed by atoms with E-state index in [0.29, 0.717) is 5.92 Å². The molecule has 0 atom stereocenters. The van der Waals surface area contributed by atoms with Gasteiger partial charge >= 0.3 is 0 Å². The van der Waals surface area contributed by atoms with Gasteiger partial charge in [-0.25, -0.2) is 4.98 Å². The average Bonchev–Trinajstić information content (AvgIpc) is 3.13. The first-order chi connectivity index (χ1) is 8.33. The van der Waals surface area contributed by atoms with Gasteiger partial charge in [0, 0.05) is 18.7 Å². The second-order valence-electron chi connectivity index (χ2n) is 4.50. The van der Waals surface area contributed by atoms with Crippen LogP contribution in [0, 0.1) is 0 Å². The molecular formula is C13H16N4. The first kappa shape index (κ1) is 10.3. The van der Waals surface area contributed by atoms with E-state index in [-0.39, 0.29) is 0 Å². The zero-order chi connectivity index (χ0) is 11.7. The number of para-hydroxylation sites is 1. The van der Waals surface area contributed by atoms with Crippen LogP contribution in [0.5, 0.6) is 0 Å². The van der Waals surface area contributed by atoms with Crippen LogP contribution in [0.25, 0.3) is 0 Å². The van der Waals surface area contributed by atoms with Crippen molar-refractivity contribution in [3.63, 3.8) is 0 Å². The molecule has 0 saturated heterocycles. The third-order valence-electron chi connectivity index (χ3n) is 3.04.